The summed E-state index contributed by atoms with van der Waals surface area (Å²) >= 11 is 3.62. The number of nitrogens with zero attached hydrogens (tertiary/aromatic N) is 2. The largest absolute Gasteiger partial charge is 0.331 e. The Kier molecular flexibility index (Phi) is 3.86. The van der Waals surface area contributed by atoms with Crippen molar-refractivity contribution in [3.8, 4) is 0 Å². The van der Waals surface area contributed by atoms with Crippen LogP contribution in [0.25, 0.3) is 22.4 Å². The number of thiophene rings is 1. The second kappa shape index (κ2) is 6.40. The molecule has 0 saturated heterocycles. The lowest BCUT2D eigenvalue weighted by molar-refractivity contribution is 0.532. The van der Waals surface area contributed by atoms with Crippen molar-refractivity contribution in [2.24, 2.45) is 0 Å². The highest BCUT2D eigenvalue weighted by molar-refractivity contribution is 7.16. The molecule has 4 aromatic rings. The zero-order valence-corrected chi connectivity index (χ0v) is 18.8. The maximum absolute atomic E-state index is 4.47. The normalized spacial score (nSPS) is 22.0. The highest BCUT2D eigenvalue weighted by Gasteiger charge is 2.51. The molecule has 148 valence electrons. The molecule has 0 saturated carbocycles. The van der Waals surface area contributed by atoms with Crippen molar-refractivity contribution in [3.05, 3.63) is 86.6 Å². The molecule has 6 rings (SSSR count). The fourth-order valence-corrected chi connectivity index (χ4v) is 7.19. The maximum Gasteiger partial charge on any atom is 0.0813 e. The summed E-state index contributed by atoms with van der Waals surface area (Å²) in [5.41, 5.74) is 9.74. The average molecular weight is 427 g/mol. The SMILES string of the molecule is C/C=C\c1sc2c(c1C)C1c3ccccc3N(c3ccc4ncsc4c3)[C@@]1(C)C=C2. The molecule has 4 heteroatoms. The minimum atomic E-state index is -0.145. The van der Waals surface area contributed by atoms with Gasteiger partial charge in [-0.3, -0.25) is 0 Å². The van der Waals surface area contributed by atoms with Gasteiger partial charge in [0.1, 0.15) is 0 Å². The molecule has 1 aliphatic heterocycles. The van der Waals surface area contributed by atoms with Crippen molar-refractivity contribution in [2.75, 3.05) is 4.90 Å². The third-order valence-corrected chi connectivity index (χ3v) is 8.60. The van der Waals surface area contributed by atoms with E-state index in [4.69, 9.17) is 0 Å². The molecule has 2 nitrogen and oxygen atoms in total. The fourth-order valence-electron chi connectivity index (χ4n) is 5.26. The van der Waals surface area contributed by atoms with E-state index in [2.05, 4.69) is 97.4 Å². The van der Waals surface area contributed by atoms with E-state index >= 15 is 0 Å². The summed E-state index contributed by atoms with van der Waals surface area (Å²) in [6.07, 6.45) is 9.17. The Morgan fingerprint density at radius 3 is 2.90 bits per heavy atom. The van der Waals surface area contributed by atoms with Crippen LogP contribution in [-0.2, 0) is 0 Å². The van der Waals surface area contributed by atoms with E-state index in [1.165, 1.54) is 42.5 Å². The van der Waals surface area contributed by atoms with Crippen LogP contribution in [0.4, 0.5) is 11.4 Å². The smallest absolute Gasteiger partial charge is 0.0813 e. The number of fused-ring (bicyclic) bond motifs is 6. The summed E-state index contributed by atoms with van der Waals surface area (Å²) in [5, 5.41) is 0. The van der Waals surface area contributed by atoms with Crippen LogP contribution >= 0.6 is 22.7 Å². The molecule has 2 atom stereocenters. The van der Waals surface area contributed by atoms with Crippen LogP contribution in [0.2, 0.25) is 0 Å². The summed E-state index contributed by atoms with van der Waals surface area (Å²) in [7, 11) is 0. The summed E-state index contributed by atoms with van der Waals surface area (Å²) in [6, 6.07) is 15.6. The van der Waals surface area contributed by atoms with Crippen molar-refractivity contribution in [2.45, 2.75) is 32.2 Å². The molecule has 2 aromatic heterocycles. The van der Waals surface area contributed by atoms with Crippen LogP contribution in [0.1, 0.15) is 46.2 Å². The van der Waals surface area contributed by atoms with Crippen LogP contribution in [0.5, 0.6) is 0 Å². The van der Waals surface area contributed by atoms with Crippen LogP contribution in [0.15, 0.2) is 60.1 Å². The van der Waals surface area contributed by atoms with Gasteiger partial charge in [-0.05, 0) is 73.9 Å². The van der Waals surface area contributed by atoms with Gasteiger partial charge in [-0.15, -0.1) is 22.7 Å². The Labute approximate surface area is 184 Å². The van der Waals surface area contributed by atoms with Crippen molar-refractivity contribution >= 4 is 56.4 Å². The standard InChI is InChI=1S/C26H22N2S2/c1-4-7-21-16(2)24-22(30-21)12-13-26(3)25(24)18-8-5-6-9-20(18)28(26)17-10-11-19-23(14-17)29-15-27-19/h4-15,25H,1-3H3/b7-4-/t25?,26-/m0/s1. The molecule has 3 heterocycles. The lowest BCUT2D eigenvalue weighted by Gasteiger charge is -2.41. The maximum atomic E-state index is 4.47. The Morgan fingerprint density at radius 1 is 1.17 bits per heavy atom. The second-order valence-electron chi connectivity index (χ2n) is 8.26. The number of hydrogen-bond donors (Lipinski definition) is 0. The molecule has 1 aliphatic carbocycles. The molecular formula is C26H22N2S2. The topological polar surface area (TPSA) is 16.1 Å². The number of anilines is 2. The van der Waals surface area contributed by atoms with Crippen LogP contribution in [0, 0.1) is 6.92 Å². The number of allylic oxidation sites excluding steroid dienone is 1. The zero-order chi connectivity index (χ0) is 20.5. The van der Waals surface area contributed by atoms with Crippen LogP contribution in [0.3, 0.4) is 0 Å². The first kappa shape index (κ1) is 18.1. The number of rotatable bonds is 2. The number of para-hydroxylation sites is 1. The van der Waals surface area contributed by atoms with E-state index < -0.39 is 0 Å². The molecule has 0 radical (unpaired) electrons. The van der Waals surface area contributed by atoms with Crippen molar-refractivity contribution in [3.63, 3.8) is 0 Å². The van der Waals surface area contributed by atoms with Crippen molar-refractivity contribution < 1.29 is 0 Å². The molecule has 0 N–H and O–H groups in total. The third kappa shape index (κ3) is 2.32. The summed E-state index contributed by atoms with van der Waals surface area (Å²) < 4.78 is 1.24. The van der Waals surface area contributed by atoms with Gasteiger partial charge in [0.25, 0.3) is 0 Å². The Morgan fingerprint density at radius 2 is 2.03 bits per heavy atom. The first-order valence-electron chi connectivity index (χ1n) is 10.3. The highest BCUT2D eigenvalue weighted by Crippen LogP contribution is 2.59. The quantitative estimate of drug-likeness (QED) is 0.325. The van der Waals surface area contributed by atoms with E-state index in [0.29, 0.717) is 5.92 Å². The molecule has 0 fully saturated rings. The predicted octanol–water partition coefficient (Wildman–Crippen LogP) is 7.77. The lowest BCUT2D eigenvalue weighted by atomic mass is 9.74. The number of thiazole rings is 1. The van der Waals surface area contributed by atoms with Gasteiger partial charge >= 0.3 is 0 Å². The monoisotopic (exact) mass is 426 g/mol. The first-order chi connectivity index (χ1) is 14.6. The van der Waals surface area contributed by atoms with Gasteiger partial charge in [0.05, 0.1) is 21.3 Å². The van der Waals surface area contributed by atoms with Gasteiger partial charge in [0.15, 0.2) is 0 Å². The van der Waals surface area contributed by atoms with Gasteiger partial charge in [-0.25, -0.2) is 4.98 Å². The van der Waals surface area contributed by atoms with Gasteiger partial charge in [-0.1, -0.05) is 30.4 Å². The fraction of sp³-hybridized carbons (Fsp3) is 0.192. The molecule has 2 aliphatic rings. The number of hydrogen-bond acceptors (Lipinski definition) is 4. The second-order valence-corrected chi connectivity index (χ2v) is 10.2. The lowest BCUT2D eigenvalue weighted by Crippen LogP contribution is -2.43. The molecule has 0 amide bonds. The zero-order valence-electron chi connectivity index (χ0n) is 17.2. The average Bonchev–Trinajstić information content (AvgIpc) is 3.40. The molecule has 2 aromatic carbocycles. The number of aromatic nitrogens is 1. The summed E-state index contributed by atoms with van der Waals surface area (Å²) in [5.74, 6) is 0.320. The highest BCUT2D eigenvalue weighted by atomic mass is 32.1. The minimum absolute atomic E-state index is 0.145. The predicted molar refractivity (Wildman–Crippen MR) is 131 cm³/mol. The molecule has 0 bridgehead atoms. The van der Waals surface area contributed by atoms with E-state index in [1.807, 2.05) is 16.8 Å². The summed E-state index contributed by atoms with van der Waals surface area (Å²) in [6.45, 7) is 6.78. The van der Waals surface area contributed by atoms with E-state index in [9.17, 15) is 0 Å². The molecular weight excluding hydrogens is 404 g/mol. The van der Waals surface area contributed by atoms with Gasteiger partial charge in [0, 0.05) is 27.0 Å². The van der Waals surface area contributed by atoms with E-state index in [0.717, 1.165) is 5.52 Å². The molecule has 30 heavy (non-hydrogen) atoms. The van der Waals surface area contributed by atoms with Gasteiger partial charge in [0.2, 0.25) is 0 Å². The van der Waals surface area contributed by atoms with Crippen molar-refractivity contribution in [1.82, 2.24) is 4.98 Å². The molecule has 1 unspecified atom stereocenters. The number of benzene rings is 2. The van der Waals surface area contributed by atoms with Crippen LogP contribution in [-0.4, -0.2) is 10.5 Å². The molecule has 0 spiro atoms. The minimum Gasteiger partial charge on any atom is -0.331 e. The van der Waals surface area contributed by atoms with Crippen molar-refractivity contribution in [1.29, 1.82) is 0 Å². The van der Waals surface area contributed by atoms with E-state index in [-0.39, 0.29) is 5.54 Å². The van der Waals surface area contributed by atoms with Gasteiger partial charge in [-0.2, -0.15) is 0 Å². The van der Waals surface area contributed by atoms with Gasteiger partial charge < -0.3 is 4.90 Å². The Balaban J connectivity index is 1.61. The van der Waals surface area contributed by atoms with Crippen LogP contribution < -0.4 is 4.90 Å². The Hall–Kier alpha value is -2.69. The van der Waals surface area contributed by atoms with E-state index in [1.54, 1.807) is 11.3 Å². The Bertz CT molecular complexity index is 1360. The first-order valence-corrected chi connectivity index (χ1v) is 12.0. The third-order valence-electron chi connectivity index (χ3n) is 6.57. The summed E-state index contributed by atoms with van der Waals surface area (Å²) in [4.78, 5) is 9.79.